The molecule has 1 heterocycles. The maximum absolute atomic E-state index is 12.2. The molecule has 8 nitrogen and oxygen atoms in total. The van der Waals surface area contributed by atoms with Crippen molar-refractivity contribution < 1.29 is 19.4 Å². The fourth-order valence-electron chi connectivity index (χ4n) is 2.42. The van der Waals surface area contributed by atoms with Crippen LogP contribution in [-0.2, 0) is 0 Å². The Kier molecular flexibility index (Phi) is 5.36. The van der Waals surface area contributed by atoms with Gasteiger partial charge in [-0.05, 0) is 35.9 Å². The van der Waals surface area contributed by atoms with Gasteiger partial charge in [-0.1, -0.05) is 12.1 Å². The number of aromatic amines is 1. The lowest BCUT2D eigenvalue weighted by Crippen LogP contribution is -2.17. The van der Waals surface area contributed by atoms with Crippen LogP contribution in [0.2, 0.25) is 0 Å². The van der Waals surface area contributed by atoms with E-state index in [2.05, 4.69) is 20.7 Å². The zero-order valence-electron chi connectivity index (χ0n) is 14.8. The van der Waals surface area contributed by atoms with Crippen LogP contribution >= 0.6 is 0 Å². The Morgan fingerprint density at radius 1 is 1.19 bits per heavy atom. The highest BCUT2D eigenvalue weighted by molar-refractivity contribution is 5.94. The Bertz CT molecular complexity index is 981. The largest absolute Gasteiger partial charge is 0.508 e. The van der Waals surface area contributed by atoms with Gasteiger partial charge in [0.05, 0.1) is 26.1 Å². The second kappa shape index (κ2) is 8.05. The number of hydrogen-bond acceptors (Lipinski definition) is 6. The quantitative estimate of drug-likeness (QED) is 0.459. The van der Waals surface area contributed by atoms with Crippen molar-refractivity contribution in [1.82, 2.24) is 15.6 Å². The van der Waals surface area contributed by atoms with Crippen molar-refractivity contribution in [2.75, 3.05) is 14.2 Å². The lowest BCUT2D eigenvalue weighted by Gasteiger charge is -2.08. The minimum atomic E-state index is -0.447. The summed E-state index contributed by atoms with van der Waals surface area (Å²) in [4.78, 5) is 12.2. The molecular weight excluding hydrogens is 348 g/mol. The molecule has 0 aliphatic carbocycles. The number of carbonyl (C=O) groups is 1. The molecule has 0 atom stereocenters. The molecular formula is C19H18N4O4. The van der Waals surface area contributed by atoms with Crippen LogP contribution in [0.4, 0.5) is 0 Å². The third kappa shape index (κ3) is 4.24. The molecule has 0 unspecified atom stereocenters. The van der Waals surface area contributed by atoms with E-state index in [1.165, 1.54) is 12.3 Å². The van der Waals surface area contributed by atoms with Gasteiger partial charge in [-0.15, -0.1) is 0 Å². The van der Waals surface area contributed by atoms with Gasteiger partial charge in [-0.25, -0.2) is 5.43 Å². The zero-order chi connectivity index (χ0) is 19.2. The molecule has 0 saturated carbocycles. The molecule has 0 aliphatic rings. The Labute approximate surface area is 155 Å². The molecule has 1 amide bonds. The van der Waals surface area contributed by atoms with Crippen LogP contribution in [0.5, 0.6) is 17.2 Å². The molecule has 0 saturated heterocycles. The first kappa shape index (κ1) is 18.0. The van der Waals surface area contributed by atoms with E-state index in [1.807, 2.05) is 0 Å². The van der Waals surface area contributed by atoms with Crippen molar-refractivity contribution in [2.24, 2.45) is 5.10 Å². The zero-order valence-corrected chi connectivity index (χ0v) is 14.8. The van der Waals surface area contributed by atoms with Crippen LogP contribution in [0.25, 0.3) is 11.3 Å². The summed E-state index contributed by atoms with van der Waals surface area (Å²) in [7, 11) is 3.12. The summed E-state index contributed by atoms with van der Waals surface area (Å²) in [5, 5.41) is 20.1. The van der Waals surface area contributed by atoms with Gasteiger partial charge in [0, 0.05) is 11.6 Å². The first-order valence-electron chi connectivity index (χ1n) is 8.01. The standard InChI is InChI=1S/C19H18N4O4/c1-26-14-6-7-15(18(9-14)27-2)16-10-17(22-21-16)19(25)23-20-11-12-4-3-5-13(24)8-12/h3-11,24H,1-2H3,(H,21,22)(H,23,25)/b20-11+. The number of phenolic OH excluding ortho intramolecular Hbond substituents is 1. The van der Waals surface area contributed by atoms with E-state index in [9.17, 15) is 9.90 Å². The number of rotatable bonds is 6. The summed E-state index contributed by atoms with van der Waals surface area (Å²) in [6.45, 7) is 0. The van der Waals surface area contributed by atoms with Crippen LogP contribution in [0.15, 0.2) is 53.6 Å². The predicted octanol–water partition coefficient (Wildman–Crippen LogP) is 2.56. The number of nitrogens with zero attached hydrogens (tertiary/aromatic N) is 2. The molecule has 27 heavy (non-hydrogen) atoms. The molecule has 8 heteroatoms. The average molecular weight is 366 g/mol. The van der Waals surface area contributed by atoms with Crippen LogP contribution in [0.3, 0.4) is 0 Å². The molecule has 0 fully saturated rings. The molecule has 138 valence electrons. The molecule has 0 aliphatic heterocycles. The van der Waals surface area contributed by atoms with E-state index >= 15 is 0 Å². The number of methoxy groups -OCH3 is 2. The number of carbonyl (C=O) groups excluding carboxylic acids is 1. The van der Waals surface area contributed by atoms with Crippen molar-refractivity contribution in [1.29, 1.82) is 0 Å². The van der Waals surface area contributed by atoms with Gasteiger partial charge in [0.2, 0.25) is 0 Å². The number of ether oxygens (including phenoxy) is 2. The molecule has 3 N–H and O–H groups in total. The summed E-state index contributed by atoms with van der Waals surface area (Å²) in [6.07, 6.45) is 1.43. The molecule has 0 spiro atoms. The summed E-state index contributed by atoms with van der Waals surface area (Å²) < 4.78 is 10.5. The normalized spacial score (nSPS) is 10.7. The van der Waals surface area contributed by atoms with E-state index in [-0.39, 0.29) is 11.4 Å². The monoisotopic (exact) mass is 366 g/mol. The van der Waals surface area contributed by atoms with E-state index in [0.29, 0.717) is 22.8 Å². The van der Waals surface area contributed by atoms with Crippen molar-refractivity contribution in [3.8, 4) is 28.5 Å². The Morgan fingerprint density at radius 3 is 2.78 bits per heavy atom. The van der Waals surface area contributed by atoms with Gasteiger partial charge < -0.3 is 14.6 Å². The summed E-state index contributed by atoms with van der Waals surface area (Å²) >= 11 is 0. The number of H-pyrrole nitrogens is 1. The van der Waals surface area contributed by atoms with E-state index in [0.717, 1.165) is 5.56 Å². The third-order valence-corrected chi connectivity index (χ3v) is 3.76. The lowest BCUT2D eigenvalue weighted by atomic mass is 10.1. The first-order chi connectivity index (χ1) is 13.1. The smallest absolute Gasteiger partial charge is 0.289 e. The SMILES string of the molecule is COc1ccc(-c2cc(C(=O)N/N=C/c3cccc(O)c3)[nH]n2)c(OC)c1. The highest BCUT2D eigenvalue weighted by Gasteiger charge is 2.14. The molecule has 3 aromatic rings. The number of aromatic hydroxyl groups is 1. The predicted molar refractivity (Wildman–Crippen MR) is 100 cm³/mol. The van der Waals surface area contributed by atoms with Crippen LogP contribution < -0.4 is 14.9 Å². The third-order valence-electron chi connectivity index (χ3n) is 3.76. The van der Waals surface area contributed by atoms with Gasteiger partial charge in [0.1, 0.15) is 22.9 Å². The second-order valence-corrected chi connectivity index (χ2v) is 5.53. The fourth-order valence-corrected chi connectivity index (χ4v) is 2.42. The minimum absolute atomic E-state index is 0.122. The minimum Gasteiger partial charge on any atom is -0.508 e. The van der Waals surface area contributed by atoms with Crippen LogP contribution in [-0.4, -0.2) is 41.6 Å². The van der Waals surface area contributed by atoms with Gasteiger partial charge in [0.15, 0.2) is 0 Å². The van der Waals surface area contributed by atoms with Crippen LogP contribution in [0.1, 0.15) is 16.1 Å². The van der Waals surface area contributed by atoms with Gasteiger partial charge >= 0.3 is 0 Å². The van der Waals surface area contributed by atoms with Crippen LogP contribution in [0, 0.1) is 0 Å². The van der Waals surface area contributed by atoms with Gasteiger partial charge in [-0.2, -0.15) is 10.2 Å². The number of hydrazone groups is 1. The topological polar surface area (TPSA) is 109 Å². The summed E-state index contributed by atoms with van der Waals surface area (Å²) in [6, 6.07) is 13.4. The van der Waals surface area contributed by atoms with E-state index < -0.39 is 5.91 Å². The number of amides is 1. The summed E-state index contributed by atoms with van der Waals surface area (Å²) in [5.41, 5.74) is 4.58. The maximum atomic E-state index is 12.2. The highest BCUT2D eigenvalue weighted by atomic mass is 16.5. The number of hydrogen-bond donors (Lipinski definition) is 3. The molecule has 2 aromatic carbocycles. The van der Waals surface area contributed by atoms with Gasteiger partial charge in [-0.3, -0.25) is 9.89 Å². The average Bonchev–Trinajstić information content (AvgIpc) is 3.17. The molecule has 0 radical (unpaired) electrons. The molecule has 0 bridgehead atoms. The Morgan fingerprint density at radius 2 is 2.04 bits per heavy atom. The van der Waals surface area contributed by atoms with E-state index in [1.54, 1.807) is 56.7 Å². The fraction of sp³-hybridized carbons (Fsp3) is 0.105. The number of nitrogens with one attached hydrogen (secondary N) is 2. The molecule has 1 aromatic heterocycles. The van der Waals surface area contributed by atoms with Gasteiger partial charge in [0.25, 0.3) is 5.91 Å². The summed E-state index contributed by atoms with van der Waals surface area (Å²) in [5.74, 6) is 0.912. The highest BCUT2D eigenvalue weighted by Crippen LogP contribution is 2.32. The maximum Gasteiger partial charge on any atom is 0.289 e. The second-order valence-electron chi connectivity index (χ2n) is 5.53. The van der Waals surface area contributed by atoms with E-state index in [4.69, 9.17) is 9.47 Å². The number of benzene rings is 2. The lowest BCUT2D eigenvalue weighted by molar-refractivity contribution is 0.0950. The van der Waals surface area contributed by atoms with Crippen molar-refractivity contribution >= 4 is 12.1 Å². The number of phenols is 1. The van der Waals surface area contributed by atoms with Crippen molar-refractivity contribution in [3.05, 3.63) is 59.8 Å². The molecule has 3 rings (SSSR count). The van der Waals surface area contributed by atoms with Crippen molar-refractivity contribution in [2.45, 2.75) is 0 Å². The Balaban J connectivity index is 1.73. The van der Waals surface area contributed by atoms with Crippen molar-refractivity contribution in [3.63, 3.8) is 0 Å². The number of aromatic nitrogens is 2. The first-order valence-corrected chi connectivity index (χ1v) is 8.01. The Hall–Kier alpha value is -3.81.